The molecule has 2 aromatic rings. The van der Waals surface area contributed by atoms with Gasteiger partial charge in [-0.05, 0) is 43.7 Å². The summed E-state index contributed by atoms with van der Waals surface area (Å²) in [4.78, 5) is 11.9. The van der Waals surface area contributed by atoms with E-state index in [0.717, 1.165) is 12.1 Å². The second kappa shape index (κ2) is 6.51. The highest BCUT2D eigenvalue weighted by molar-refractivity contribution is 6.00. The molecule has 0 aromatic heterocycles. The van der Waals surface area contributed by atoms with Crippen molar-refractivity contribution in [3.8, 4) is 0 Å². The van der Waals surface area contributed by atoms with Crippen LogP contribution in [-0.4, -0.2) is 12.5 Å². The molecule has 0 saturated carbocycles. The van der Waals surface area contributed by atoms with Crippen LogP contribution in [-0.2, 0) is 0 Å². The van der Waals surface area contributed by atoms with Gasteiger partial charge in [0.25, 0.3) is 5.91 Å². The third-order valence-electron chi connectivity index (χ3n) is 3.06. The fourth-order valence-electron chi connectivity index (χ4n) is 1.97. The molecule has 0 unspecified atom stereocenters. The van der Waals surface area contributed by atoms with Crippen LogP contribution in [0, 0.1) is 24.4 Å². The number of carbonyl (C=O) groups is 1. The summed E-state index contributed by atoms with van der Waals surface area (Å²) in [6, 6.07) is 6.28. The highest BCUT2D eigenvalue weighted by Crippen LogP contribution is 2.28. The third-order valence-corrected chi connectivity index (χ3v) is 3.06. The second-order valence-electron chi connectivity index (χ2n) is 4.75. The Morgan fingerprint density at radius 2 is 1.82 bits per heavy atom. The van der Waals surface area contributed by atoms with Crippen molar-refractivity contribution < 1.29 is 18.0 Å². The largest absolute Gasteiger partial charge is 0.352 e. The van der Waals surface area contributed by atoms with Gasteiger partial charge in [-0.1, -0.05) is 6.07 Å². The van der Waals surface area contributed by atoms with Crippen LogP contribution in [0.25, 0.3) is 0 Å². The first-order valence-electron chi connectivity index (χ1n) is 6.73. The van der Waals surface area contributed by atoms with Crippen LogP contribution in [0.3, 0.4) is 0 Å². The predicted octanol–water partition coefficient (Wildman–Crippen LogP) is 3.91. The van der Waals surface area contributed by atoms with Gasteiger partial charge in [0, 0.05) is 6.54 Å². The minimum Gasteiger partial charge on any atom is -0.352 e. The van der Waals surface area contributed by atoms with Crippen molar-refractivity contribution in [3.05, 3.63) is 58.9 Å². The van der Waals surface area contributed by atoms with Crippen molar-refractivity contribution in [3.63, 3.8) is 0 Å². The lowest BCUT2D eigenvalue weighted by molar-refractivity contribution is 0.0956. The van der Waals surface area contributed by atoms with Crippen LogP contribution in [0.1, 0.15) is 22.8 Å². The second-order valence-corrected chi connectivity index (χ2v) is 4.75. The Labute approximate surface area is 126 Å². The Hall–Kier alpha value is -2.50. The van der Waals surface area contributed by atoms with Crippen LogP contribution in [0.15, 0.2) is 30.3 Å². The van der Waals surface area contributed by atoms with E-state index < -0.39 is 29.0 Å². The van der Waals surface area contributed by atoms with Gasteiger partial charge >= 0.3 is 0 Å². The standard InChI is InChI=1S/C16H15F3N2O/c1-3-20-16(22)10-5-6-11(17)14(19)15(10)21-13-7-4-9(2)8-12(13)18/h4-8,21H,3H2,1-2H3,(H,20,22). The van der Waals surface area contributed by atoms with Gasteiger partial charge in [-0.3, -0.25) is 4.79 Å². The molecule has 0 saturated heterocycles. The van der Waals surface area contributed by atoms with E-state index in [1.54, 1.807) is 19.9 Å². The lowest BCUT2D eigenvalue weighted by Gasteiger charge is -2.14. The molecule has 0 heterocycles. The summed E-state index contributed by atoms with van der Waals surface area (Å²) in [5, 5.41) is 4.96. The van der Waals surface area contributed by atoms with Crippen molar-refractivity contribution in [2.24, 2.45) is 0 Å². The highest BCUT2D eigenvalue weighted by Gasteiger charge is 2.19. The Bertz CT molecular complexity index is 717. The quantitative estimate of drug-likeness (QED) is 0.899. The predicted molar refractivity (Wildman–Crippen MR) is 78.8 cm³/mol. The van der Waals surface area contributed by atoms with Crippen molar-refractivity contribution in [2.45, 2.75) is 13.8 Å². The van der Waals surface area contributed by atoms with E-state index in [-0.39, 0.29) is 11.3 Å². The fourth-order valence-corrected chi connectivity index (χ4v) is 1.97. The molecule has 0 aliphatic heterocycles. The van der Waals surface area contributed by atoms with E-state index in [0.29, 0.717) is 12.1 Å². The summed E-state index contributed by atoms with van der Waals surface area (Å²) in [6.07, 6.45) is 0. The maximum Gasteiger partial charge on any atom is 0.253 e. The first-order chi connectivity index (χ1) is 10.4. The topological polar surface area (TPSA) is 41.1 Å². The summed E-state index contributed by atoms with van der Waals surface area (Å²) < 4.78 is 41.3. The molecular formula is C16H15F3N2O. The number of nitrogens with one attached hydrogen (secondary N) is 2. The molecule has 2 aromatic carbocycles. The molecule has 0 bridgehead atoms. The average Bonchev–Trinajstić information content (AvgIpc) is 2.46. The Kier molecular flexibility index (Phi) is 4.70. The number of amides is 1. The third kappa shape index (κ3) is 3.21. The monoisotopic (exact) mass is 308 g/mol. The first kappa shape index (κ1) is 15.9. The average molecular weight is 308 g/mol. The molecule has 0 aliphatic rings. The number of halogens is 3. The van der Waals surface area contributed by atoms with Gasteiger partial charge in [0.15, 0.2) is 11.6 Å². The van der Waals surface area contributed by atoms with Gasteiger partial charge in [-0.25, -0.2) is 13.2 Å². The zero-order valence-electron chi connectivity index (χ0n) is 12.1. The van der Waals surface area contributed by atoms with E-state index in [1.165, 1.54) is 12.1 Å². The zero-order chi connectivity index (χ0) is 16.3. The normalized spacial score (nSPS) is 10.4. The Morgan fingerprint density at radius 3 is 2.45 bits per heavy atom. The van der Waals surface area contributed by atoms with Gasteiger partial charge < -0.3 is 10.6 Å². The molecule has 2 rings (SSSR count). The summed E-state index contributed by atoms with van der Waals surface area (Å²) in [5.41, 5.74) is 0.154. The molecule has 22 heavy (non-hydrogen) atoms. The first-order valence-corrected chi connectivity index (χ1v) is 6.73. The van der Waals surface area contributed by atoms with E-state index in [4.69, 9.17) is 0 Å². The number of carbonyl (C=O) groups excluding carboxylic acids is 1. The molecule has 0 aliphatic carbocycles. The van der Waals surface area contributed by atoms with Crippen LogP contribution in [0.2, 0.25) is 0 Å². The van der Waals surface area contributed by atoms with Crippen molar-refractivity contribution >= 4 is 17.3 Å². The SMILES string of the molecule is CCNC(=O)c1ccc(F)c(F)c1Nc1ccc(C)cc1F. The van der Waals surface area contributed by atoms with Gasteiger partial charge in [0.05, 0.1) is 16.9 Å². The van der Waals surface area contributed by atoms with Crippen LogP contribution in [0.4, 0.5) is 24.5 Å². The molecule has 0 fully saturated rings. The summed E-state index contributed by atoms with van der Waals surface area (Å²) >= 11 is 0. The summed E-state index contributed by atoms with van der Waals surface area (Å²) in [5.74, 6) is -3.55. The number of aryl methyl sites for hydroxylation is 1. The van der Waals surface area contributed by atoms with E-state index in [9.17, 15) is 18.0 Å². The molecule has 0 spiro atoms. The van der Waals surface area contributed by atoms with Crippen LogP contribution < -0.4 is 10.6 Å². The molecular weight excluding hydrogens is 293 g/mol. The van der Waals surface area contributed by atoms with Gasteiger partial charge in [0.1, 0.15) is 5.82 Å². The maximum absolute atomic E-state index is 14.0. The number of anilines is 2. The van der Waals surface area contributed by atoms with Crippen molar-refractivity contribution in [1.82, 2.24) is 5.32 Å². The zero-order valence-corrected chi connectivity index (χ0v) is 12.1. The minimum atomic E-state index is -1.23. The van der Waals surface area contributed by atoms with E-state index in [2.05, 4.69) is 10.6 Å². The van der Waals surface area contributed by atoms with Crippen molar-refractivity contribution in [1.29, 1.82) is 0 Å². The molecule has 2 N–H and O–H groups in total. The Morgan fingerprint density at radius 1 is 1.09 bits per heavy atom. The van der Waals surface area contributed by atoms with Gasteiger partial charge in [0.2, 0.25) is 0 Å². The molecule has 0 radical (unpaired) electrons. The van der Waals surface area contributed by atoms with Gasteiger partial charge in [-0.15, -0.1) is 0 Å². The minimum absolute atomic E-state index is 0.0411. The molecule has 0 atom stereocenters. The Balaban J connectivity index is 2.48. The highest BCUT2D eigenvalue weighted by atomic mass is 19.2. The maximum atomic E-state index is 14.0. The smallest absolute Gasteiger partial charge is 0.253 e. The molecule has 6 heteroatoms. The number of benzene rings is 2. The number of rotatable bonds is 4. The molecule has 1 amide bonds. The van der Waals surface area contributed by atoms with E-state index in [1.807, 2.05) is 0 Å². The molecule has 3 nitrogen and oxygen atoms in total. The van der Waals surface area contributed by atoms with Gasteiger partial charge in [-0.2, -0.15) is 0 Å². The van der Waals surface area contributed by atoms with E-state index >= 15 is 0 Å². The lowest BCUT2D eigenvalue weighted by atomic mass is 10.1. The number of hydrogen-bond donors (Lipinski definition) is 2. The summed E-state index contributed by atoms with van der Waals surface area (Å²) in [6.45, 7) is 3.73. The molecule has 116 valence electrons. The van der Waals surface area contributed by atoms with Crippen LogP contribution >= 0.6 is 0 Å². The fraction of sp³-hybridized carbons (Fsp3) is 0.188. The number of hydrogen-bond acceptors (Lipinski definition) is 2. The lowest BCUT2D eigenvalue weighted by Crippen LogP contribution is -2.24. The summed E-state index contributed by atoms with van der Waals surface area (Å²) in [7, 11) is 0. The van der Waals surface area contributed by atoms with Crippen LogP contribution in [0.5, 0.6) is 0 Å². The van der Waals surface area contributed by atoms with Crippen molar-refractivity contribution in [2.75, 3.05) is 11.9 Å².